The van der Waals surface area contributed by atoms with Crippen molar-refractivity contribution in [3.8, 4) is 0 Å². The van der Waals surface area contributed by atoms with Crippen molar-refractivity contribution in [3.63, 3.8) is 0 Å². The summed E-state index contributed by atoms with van der Waals surface area (Å²) in [6.45, 7) is 0. The molecule has 4 atom stereocenters. The topological polar surface area (TPSA) is 37.4 Å². The van der Waals surface area contributed by atoms with Crippen LogP contribution < -0.4 is 4.90 Å². The number of hydrogen-bond donors (Lipinski definition) is 0. The predicted molar refractivity (Wildman–Crippen MR) is 71.8 cm³/mol. The van der Waals surface area contributed by atoms with Crippen molar-refractivity contribution in [2.75, 3.05) is 4.90 Å². The first-order valence-corrected chi connectivity index (χ1v) is 7.18. The Morgan fingerprint density at radius 1 is 1.05 bits per heavy atom. The van der Waals surface area contributed by atoms with E-state index in [2.05, 4.69) is 0 Å². The summed E-state index contributed by atoms with van der Waals surface area (Å²) in [6, 6.07) is 7.01. The summed E-state index contributed by atoms with van der Waals surface area (Å²) < 4.78 is 0. The molecule has 3 aliphatic rings. The molecule has 4 heteroatoms. The molecule has 1 aliphatic heterocycles. The number of carbonyl (C=O) groups excluding carboxylic acids is 2. The van der Waals surface area contributed by atoms with Gasteiger partial charge in [-0.1, -0.05) is 17.7 Å². The second kappa shape index (κ2) is 3.83. The largest absolute Gasteiger partial charge is 0.274 e. The van der Waals surface area contributed by atoms with Crippen LogP contribution in [0.25, 0.3) is 0 Å². The van der Waals surface area contributed by atoms with Gasteiger partial charge in [-0.25, -0.2) is 4.90 Å². The molecular weight excluding hydrogens is 262 g/mol. The summed E-state index contributed by atoms with van der Waals surface area (Å²) in [5, 5.41) is 0.554. The van der Waals surface area contributed by atoms with Crippen molar-refractivity contribution >= 4 is 29.1 Å². The maximum atomic E-state index is 12.6. The van der Waals surface area contributed by atoms with Crippen LogP contribution in [-0.2, 0) is 9.59 Å². The van der Waals surface area contributed by atoms with Crippen LogP contribution in [0.5, 0.6) is 0 Å². The fourth-order valence-corrected chi connectivity index (χ4v) is 4.46. The minimum Gasteiger partial charge on any atom is -0.274 e. The van der Waals surface area contributed by atoms with Gasteiger partial charge in [0.1, 0.15) is 0 Å². The Labute approximate surface area is 116 Å². The van der Waals surface area contributed by atoms with E-state index in [-0.39, 0.29) is 23.7 Å². The number of anilines is 1. The summed E-state index contributed by atoms with van der Waals surface area (Å²) >= 11 is 5.96. The number of fused-ring (bicyclic) bond motifs is 5. The average molecular weight is 276 g/mol. The Morgan fingerprint density at radius 2 is 1.68 bits per heavy atom. The number of hydrogen-bond acceptors (Lipinski definition) is 2. The van der Waals surface area contributed by atoms with Gasteiger partial charge in [-0.15, -0.1) is 0 Å². The SMILES string of the molecule is O=C1[C@@H]2[C@@H]3CC[C@@H](C3)[C@@H]2C(=O)N1c1cccc(Cl)c1. The minimum absolute atomic E-state index is 0.00975. The summed E-state index contributed by atoms with van der Waals surface area (Å²) in [4.78, 5) is 26.5. The van der Waals surface area contributed by atoms with Crippen LogP contribution >= 0.6 is 11.6 Å². The molecule has 2 amide bonds. The van der Waals surface area contributed by atoms with Gasteiger partial charge in [0.15, 0.2) is 0 Å². The van der Waals surface area contributed by atoms with E-state index in [9.17, 15) is 9.59 Å². The molecule has 1 aromatic rings. The van der Waals surface area contributed by atoms with E-state index in [1.54, 1.807) is 24.3 Å². The van der Waals surface area contributed by atoms with E-state index in [0.29, 0.717) is 22.5 Å². The standard InChI is InChI=1S/C15H14ClNO2/c16-10-2-1-3-11(7-10)17-14(18)12-8-4-5-9(6-8)13(12)15(17)19/h1-3,7-9,12-13H,4-6H2/t8-,9+,12-,13+. The first kappa shape index (κ1) is 11.5. The second-order valence-corrected chi connectivity index (χ2v) is 6.31. The third kappa shape index (κ3) is 1.45. The third-order valence-corrected chi connectivity index (χ3v) is 5.23. The second-order valence-electron chi connectivity index (χ2n) is 5.88. The van der Waals surface area contributed by atoms with Gasteiger partial charge < -0.3 is 0 Å². The van der Waals surface area contributed by atoms with Crippen LogP contribution in [-0.4, -0.2) is 11.8 Å². The van der Waals surface area contributed by atoms with Gasteiger partial charge in [0.2, 0.25) is 11.8 Å². The van der Waals surface area contributed by atoms with Crippen molar-refractivity contribution in [2.45, 2.75) is 19.3 Å². The van der Waals surface area contributed by atoms with Crippen LogP contribution in [0.1, 0.15) is 19.3 Å². The Hall–Kier alpha value is -1.35. The third-order valence-electron chi connectivity index (χ3n) is 4.99. The zero-order valence-electron chi connectivity index (χ0n) is 10.4. The number of nitrogens with zero attached hydrogens (tertiary/aromatic N) is 1. The summed E-state index contributed by atoms with van der Waals surface area (Å²) in [5.74, 6) is 0.704. The van der Waals surface area contributed by atoms with Crippen molar-refractivity contribution in [3.05, 3.63) is 29.3 Å². The van der Waals surface area contributed by atoms with Crippen LogP contribution in [0.15, 0.2) is 24.3 Å². The number of amides is 2. The molecule has 1 aromatic carbocycles. The number of halogens is 1. The minimum atomic E-state index is -0.0646. The van der Waals surface area contributed by atoms with Gasteiger partial charge in [-0.05, 0) is 49.3 Å². The zero-order chi connectivity index (χ0) is 13.1. The average Bonchev–Trinajstić information content (AvgIpc) is 3.04. The quantitative estimate of drug-likeness (QED) is 0.739. The fraction of sp³-hybridized carbons (Fsp3) is 0.467. The summed E-state index contributed by atoms with van der Waals surface area (Å²) in [6.07, 6.45) is 3.28. The van der Waals surface area contributed by atoms with Crippen molar-refractivity contribution in [1.29, 1.82) is 0 Å². The van der Waals surface area contributed by atoms with Crippen molar-refractivity contribution < 1.29 is 9.59 Å². The number of rotatable bonds is 1. The fourth-order valence-electron chi connectivity index (χ4n) is 4.28. The van der Waals surface area contributed by atoms with Crippen molar-refractivity contribution in [2.24, 2.45) is 23.7 Å². The molecular formula is C15H14ClNO2. The van der Waals surface area contributed by atoms with E-state index in [1.807, 2.05) is 0 Å². The molecule has 0 aromatic heterocycles. The van der Waals surface area contributed by atoms with Crippen molar-refractivity contribution in [1.82, 2.24) is 0 Å². The van der Waals surface area contributed by atoms with E-state index in [0.717, 1.165) is 19.3 Å². The Bertz CT molecular complexity index is 557. The van der Waals surface area contributed by atoms with Crippen LogP contribution in [0.3, 0.4) is 0 Å². The lowest BCUT2D eigenvalue weighted by Gasteiger charge is -2.19. The highest BCUT2D eigenvalue weighted by atomic mass is 35.5. The van der Waals surface area contributed by atoms with Crippen LogP contribution in [0.4, 0.5) is 5.69 Å². The molecule has 0 N–H and O–H groups in total. The normalized spacial score (nSPS) is 36.2. The highest BCUT2D eigenvalue weighted by Crippen LogP contribution is 2.56. The molecule has 2 bridgehead atoms. The number of carbonyl (C=O) groups is 2. The molecule has 3 nitrogen and oxygen atoms in total. The molecule has 0 radical (unpaired) electrons. The summed E-state index contributed by atoms with van der Waals surface area (Å²) in [7, 11) is 0. The molecule has 98 valence electrons. The maximum Gasteiger partial charge on any atom is 0.237 e. The first-order valence-electron chi connectivity index (χ1n) is 6.80. The molecule has 3 fully saturated rings. The lowest BCUT2D eigenvalue weighted by Crippen LogP contribution is -2.32. The van der Waals surface area contributed by atoms with E-state index < -0.39 is 0 Å². The monoisotopic (exact) mass is 275 g/mol. The zero-order valence-corrected chi connectivity index (χ0v) is 11.1. The van der Waals surface area contributed by atoms with Gasteiger partial charge in [0.25, 0.3) is 0 Å². The molecule has 1 heterocycles. The lowest BCUT2D eigenvalue weighted by molar-refractivity contribution is -0.123. The molecule has 0 spiro atoms. The van der Waals surface area contributed by atoms with Gasteiger partial charge in [-0.3, -0.25) is 9.59 Å². The van der Waals surface area contributed by atoms with Gasteiger partial charge in [-0.2, -0.15) is 0 Å². The lowest BCUT2D eigenvalue weighted by atomic mass is 9.81. The van der Waals surface area contributed by atoms with Crippen LogP contribution in [0.2, 0.25) is 5.02 Å². The highest BCUT2D eigenvalue weighted by Gasteiger charge is 2.61. The van der Waals surface area contributed by atoms with Gasteiger partial charge in [0.05, 0.1) is 17.5 Å². The molecule has 2 saturated carbocycles. The number of benzene rings is 1. The molecule has 1 saturated heterocycles. The predicted octanol–water partition coefficient (Wildman–Crippen LogP) is 2.88. The van der Waals surface area contributed by atoms with E-state index in [4.69, 9.17) is 11.6 Å². The Kier molecular flexibility index (Phi) is 2.31. The maximum absolute atomic E-state index is 12.6. The molecule has 19 heavy (non-hydrogen) atoms. The molecule has 2 aliphatic carbocycles. The van der Waals surface area contributed by atoms with E-state index in [1.165, 1.54) is 4.90 Å². The number of imide groups is 1. The summed E-state index contributed by atoms with van der Waals surface area (Å²) in [5.41, 5.74) is 0.622. The van der Waals surface area contributed by atoms with Gasteiger partial charge >= 0.3 is 0 Å². The van der Waals surface area contributed by atoms with Gasteiger partial charge in [0, 0.05) is 5.02 Å². The Balaban J connectivity index is 1.75. The molecule has 0 unspecified atom stereocenters. The van der Waals surface area contributed by atoms with E-state index >= 15 is 0 Å². The Morgan fingerprint density at radius 3 is 2.26 bits per heavy atom. The highest BCUT2D eigenvalue weighted by molar-refractivity contribution is 6.31. The smallest absolute Gasteiger partial charge is 0.237 e. The molecule has 4 rings (SSSR count). The first-order chi connectivity index (χ1) is 9.16. The van der Waals surface area contributed by atoms with Crippen LogP contribution in [0, 0.1) is 23.7 Å².